The van der Waals surface area contributed by atoms with E-state index in [1.54, 1.807) is 0 Å². The molecule has 0 aliphatic rings. The first-order chi connectivity index (χ1) is 13.5. The Balaban J connectivity index is 2.33. The number of anilines is 1. The minimum absolute atomic E-state index is 0.0242. The average Bonchev–Trinajstić information content (AvgIpc) is 2.66. The van der Waals surface area contributed by atoms with E-state index in [0.717, 1.165) is 15.3 Å². The SMILES string of the molecule is CC(C)Cn1c(N)c(C(=O)COC(=O)c2ncc(Cl)c(Cl)c2Cl)c(=O)n(C)c1=O. The molecule has 0 fully saturated rings. The zero-order valence-corrected chi connectivity index (χ0v) is 17.9. The predicted molar refractivity (Wildman–Crippen MR) is 109 cm³/mol. The highest BCUT2D eigenvalue weighted by Gasteiger charge is 2.24. The summed E-state index contributed by atoms with van der Waals surface area (Å²) in [5.74, 6) is -2.20. The van der Waals surface area contributed by atoms with Gasteiger partial charge in [-0.05, 0) is 5.92 Å². The van der Waals surface area contributed by atoms with Gasteiger partial charge in [0.25, 0.3) is 5.56 Å². The molecule has 0 aromatic carbocycles. The van der Waals surface area contributed by atoms with Gasteiger partial charge < -0.3 is 10.5 Å². The molecule has 0 radical (unpaired) electrons. The highest BCUT2D eigenvalue weighted by Crippen LogP contribution is 2.31. The second kappa shape index (κ2) is 8.98. The first kappa shape index (κ1) is 22.9. The molecule has 0 bridgehead atoms. The van der Waals surface area contributed by atoms with Crippen LogP contribution in [0.5, 0.6) is 0 Å². The molecule has 12 heteroatoms. The first-order valence-electron chi connectivity index (χ1n) is 8.26. The molecule has 156 valence electrons. The second-order valence-corrected chi connectivity index (χ2v) is 7.66. The van der Waals surface area contributed by atoms with Gasteiger partial charge in [-0.1, -0.05) is 48.7 Å². The Morgan fingerprint density at radius 1 is 1.21 bits per heavy atom. The normalized spacial score (nSPS) is 11.0. The van der Waals surface area contributed by atoms with E-state index in [0.29, 0.717) is 0 Å². The Kier molecular flexibility index (Phi) is 7.10. The van der Waals surface area contributed by atoms with Crippen molar-refractivity contribution in [2.45, 2.75) is 20.4 Å². The monoisotopic (exact) mass is 462 g/mol. The maximum absolute atomic E-state index is 12.5. The molecule has 0 aliphatic carbocycles. The van der Waals surface area contributed by atoms with Gasteiger partial charge in [0.15, 0.2) is 12.3 Å². The van der Waals surface area contributed by atoms with Gasteiger partial charge in [-0.2, -0.15) is 0 Å². The third kappa shape index (κ3) is 4.63. The molecule has 0 aliphatic heterocycles. The van der Waals surface area contributed by atoms with Crippen molar-refractivity contribution < 1.29 is 14.3 Å². The molecular formula is C17H17Cl3N4O5. The average molecular weight is 464 g/mol. The fraction of sp³-hybridized carbons (Fsp3) is 0.353. The highest BCUT2D eigenvalue weighted by atomic mass is 35.5. The Labute approximate surface area is 179 Å². The van der Waals surface area contributed by atoms with Crippen molar-refractivity contribution in [2.24, 2.45) is 13.0 Å². The number of halogens is 3. The van der Waals surface area contributed by atoms with Crippen LogP contribution in [-0.4, -0.2) is 32.5 Å². The van der Waals surface area contributed by atoms with Crippen molar-refractivity contribution in [3.63, 3.8) is 0 Å². The fourth-order valence-corrected chi connectivity index (χ4v) is 3.00. The van der Waals surface area contributed by atoms with Gasteiger partial charge >= 0.3 is 11.7 Å². The fourth-order valence-electron chi connectivity index (χ4n) is 2.44. The largest absolute Gasteiger partial charge is 0.453 e. The number of esters is 1. The second-order valence-electron chi connectivity index (χ2n) is 6.49. The van der Waals surface area contributed by atoms with E-state index in [1.165, 1.54) is 7.05 Å². The molecule has 0 unspecified atom stereocenters. The van der Waals surface area contributed by atoms with Gasteiger partial charge in [0.2, 0.25) is 5.78 Å². The van der Waals surface area contributed by atoms with E-state index in [4.69, 9.17) is 45.3 Å². The van der Waals surface area contributed by atoms with Crippen LogP contribution < -0.4 is 17.0 Å². The molecule has 0 saturated carbocycles. The summed E-state index contributed by atoms with van der Waals surface area (Å²) < 4.78 is 6.79. The van der Waals surface area contributed by atoms with Gasteiger partial charge in [-0.3, -0.25) is 18.7 Å². The molecule has 2 rings (SSSR count). The number of ketones is 1. The van der Waals surface area contributed by atoms with Crippen LogP contribution in [-0.2, 0) is 18.3 Å². The summed E-state index contributed by atoms with van der Waals surface area (Å²) in [6, 6.07) is 0. The number of Topliss-reactive ketones (excluding diaryl/α,β-unsaturated/α-hetero) is 1. The molecule has 0 saturated heterocycles. The topological polar surface area (TPSA) is 126 Å². The summed E-state index contributed by atoms with van der Waals surface area (Å²) in [5.41, 5.74) is 3.57. The summed E-state index contributed by atoms with van der Waals surface area (Å²) >= 11 is 17.5. The summed E-state index contributed by atoms with van der Waals surface area (Å²) in [7, 11) is 1.23. The van der Waals surface area contributed by atoms with Crippen molar-refractivity contribution in [3.05, 3.63) is 53.4 Å². The highest BCUT2D eigenvalue weighted by molar-refractivity contribution is 6.48. The van der Waals surface area contributed by atoms with E-state index in [2.05, 4.69) is 4.98 Å². The molecule has 0 spiro atoms. The summed E-state index contributed by atoms with van der Waals surface area (Å²) in [6.45, 7) is 3.06. The minimum atomic E-state index is -1.05. The molecule has 2 heterocycles. The van der Waals surface area contributed by atoms with Crippen molar-refractivity contribution in [1.29, 1.82) is 0 Å². The lowest BCUT2D eigenvalue weighted by molar-refractivity contribution is 0.0468. The molecule has 2 aromatic heterocycles. The number of ether oxygens (including phenoxy) is 1. The number of hydrogen-bond donors (Lipinski definition) is 1. The smallest absolute Gasteiger partial charge is 0.358 e. The summed E-state index contributed by atoms with van der Waals surface area (Å²) in [6.07, 6.45) is 1.10. The number of rotatable bonds is 6. The van der Waals surface area contributed by atoms with Gasteiger partial charge in [0.05, 0.1) is 15.1 Å². The third-order valence-corrected chi connectivity index (χ3v) is 5.10. The van der Waals surface area contributed by atoms with E-state index < -0.39 is 35.2 Å². The van der Waals surface area contributed by atoms with Gasteiger partial charge in [-0.25, -0.2) is 14.6 Å². The lowest BCUT2D eigenvalue weighted by Crippen LogP contribution is -2.43. The lowest BCUT2D eigenvalue weighted by Gasteiger charge is -2.16. The number of carbonyl (C=O) groups excluding carboxylic acids is 2. The van der Waals surface area contributed by atoms with Crippen LogP contribution in [0, 0.1) is 5.92 Å². The number of aromatic nitrogens is 3. The summed E-state index contributed by atoms with van der Waals surface area (Å²) in [5, 5.41) is -0.300. The molecule has 0 atom stereocenters. The van der Waals surface area contributed by atoms with Crippen LogP contribution in [0.2, 0.25) is 15.1 Å². The Hall–Kier alpha value is -2.36. The molecule has 2 N–H and O–H groups in total. The maximum Gasteiger partial charge on any atom is 0.358 e. The van der Waals surface area contributed by atoms with Crippen LogP contribution in [0.25, 0.3) is 0 Å². The van der Waals surface area contributed by atoms with Crippen LogP contribution in [0.15, 0.2) is 15.8 Å². The number of nitrogens with zero attached hydrogens (tertiary/aromatic N) is 3. The predicted octanol–water partition coefficient (Wildman–Crippen LogP) is 2.18. The van der Waals surface area contributed by atoms with Crippen molar-refractivity contribution in [3.8, 4) is 0 Å². The first-order valence-corrected chi connectivity index (χ1v) is 9.39. The van der Waals surface area contributed by atoms with Crippen molar-refractivity contribution >= 4 is 52.4 Å². The number of nitrogen functional groups attached to an aromatic ring is 1. The van der Waals surface area contributed by atoms with Crippen LogP contribution >= 0.6 is 34.8 Å². The third-order valence-electron chi connectivity index (χ3n) is 3.85. The quantitative estimate of drug-likeness (QED) is 0.514. The van der Waals surface area contributed by atoms with E-state index in [-0.39, 0.29) is 39.0 Å². The molecular weight excluding hydrogens is 447 g/mol. The molecule has 2 aromatic rings. The van der Waals surface area contributed by atoms with Gasteiger partial charge in [0.1, 0.15) is 11.4 Å². The minimum Gasteiger partial charge on any atom is -0.453 e. The van der Waals surface area contributed by atoms with E-state index >= 15 is 0 Å². The van der Waals surface area contributed by atoms with E-state index in [9.17, 15) is 19.2 Å². The number of nitrogens with two attached hydrogens (primary N) is 1. The molecule has 9 nitrogen and oxygen atoms in total. The number of hydrogen-bond acceptors (Lipinski definition) is 7. The van der Waals surface area contributed by atoms with E-state index in [1.807, 2.05) is 13.8 Å². The Morgan fingerprint density at radius 3 is 2.41 bits per heavy atom. The molecule has 0 amide bonds. The zero-order chi connectivity index (χ0) is 22.0. The standard InChI is InChI=1S/C17H17Cl3N4O5/c1-7(2)5-24-14(21)10(15(26)23(3)17(24)28)9(25)6-29-16(27)13-12(20)11(19)8(18)4-22-13/h4,7H,5-6,21H2,1-3H3. The number of pyridine rings is 1. The Morgan fingerprint density at radius 2 is 1.83 bits per heavy atom. The van der Waals surface area contributed by atoms with Crippen LogP contribution in [0.1, 0.15) is 34.7 Å². The van der Waals surface area contributed by atoms with Gasteiger partial charge in [0, 0.05) is 19.8 Å². The molecule has 29 heavy (non-hydrogen) atoms. The maximum atomic E-state index is 12.5. The van der Waals surface area contributed by atoms with Crippen molar-refractivity contribution in [2.75, 3.05) is 12.3 Å². The Bertz CT molecular complexity index is 1110. The van der Waals surface area contributed by atoms with Gasteiger partial charge in [-0.15, -0.1) is 0 Å². The lowest BCUT2D eigenvalue weighted by atomic mass is 10.1. The van der Waals surface area contributed by atoms with Crippen LogP contribution in [0.4, 0.5) is 5.82 Å². The zero-order valence-electron chi connectivity index (χ0n) is 15.7. The summed E-state index contributed by atoms with van der Waals surface area (Å²) in [4.78, 5) is 53.1. The van der Waals surface area contributed by atoms with Crippen molar-refractivity contribution in [1.82, 2.24) is 14.1 Å². The number of carbonyl (C=O) groups is 2. The van der Waals surface area contributed by atoms with Crippen LogP contribution in [0.3, 0.4) is 0 Å².